The number of nitrogens with one attached hydrogen (secondary N) is 1. The van der Waals surface area contributed by atoms with Crippen molar-refractivity contribution in [3.05, 3.63) is 133 Å². The lowest BCUT2D eigenvalue weighted by molar-refractivity contribution is 0.0663. The molecule has 1 amide bonds. The quantitative estimate of drug-likeness (QED) is 0.174. The fraction of sp³-hybridized carbons (Fsp3) is 0.396. The highest BCUT2D eigenvalue weighted by Gasteiger charge is 2.59. The first-order valence-electron chi connectivity index (χ1n) is 23.0. The Balaban J connectivity index is 0.957. The van der Waals surface area contributed by atoms with E-state index in [2.05, 4.69) is 22.2 Å². The van der Waals surface area contributed by atoms with Gasteiger partial charge in [-0.3, -0.25) is 33.1 Å². The van der Waals surface area contributed by atoms with Gasteiger partial charge in [0.15, 0.2) is 11.6 Å². The predicted molar refractivity (Wildman–Crippen MR) is 236 cm³/mol. The number of ether oxygens (including phenoxy) is 1. The molecule has 0 bridgehead atoms. The smallest absolute Gasteiger partial charge is 0.381 e. The van der Waals surface area contributed by atoms with Crippen LogP contribution in [0.2, 0.25) is 0 Å². The second kappa shape index (κ2) is 14.3. The number of carbonyl (C=O) groups excluding carboxylic acids is 1. The molecule has 8 aromatic rings. The summed E-state index contributed by atoms with van der Waals surface area (Å²) in [6.07, 6.45) is 11.3. The second-order valence-electron chi connectivity index (χ2n) is 18.7. The average Bonchev–Trinajstić information content (AvgIpc) is 3.74. The number of aromatic amines is 1. The Kier molecular flexibility index (Phi) is 8.52. The number of imidazole rings is 1. The van der Waals surface area contributed by atoms with E-state index in [4.69, 9.17) is 19.3 Å². The van der Waals surface area contributed by atoms with Crippen molar-refractivity contribution < 1.29 is 22.8 Å². The first kappa shape index (κ1) is 39.4. The van der Waals surface area contributed by atoms with Gasteiger partial charge in [-0.05, 0) is 118 Å². The highest BCUT2D eigenvalue weighted by molar-refractivity contribution is 5.99. The SMILES string of the molecule is CC1c2c(nn(-c3ccc(F)c4c3CCC4)c2-n2ccn(-c3ccc4c(cnn4C4CC4)c3F)c2=O)CCN1C(=O)c1cc2nc(C3CCOCC3)ccc2n1C1(c2noc(=O)[nH]2)CC1C. The van der Waals surface area contributed by atoms with Crippen LogP contribution >= 0.6 is 0 Å². The van der Waals surface area contributed by atoms with E-state index in [0.29, 0.717) is 102 Å². The van der Waals surface area contributed by atoms with Crippen LogP contribution in [0.3, 0.4) is 0 Å². The summed E-state index contributed by atoms with van der Waals surface area (Å²) in [5, 5.41) is 14.1. The molecule has 5 aliphatic rings. The Bertz CT molecular complexity index is 3450. The third-order valence-corrected chi connectivity index (χ3v) is 15.1. The molecule has 6 aromatic heterocycles. The summed E-state index contributed by atoms with van der Waals surface area (Å²) in [6, 6.07) is 12.0. The van der Waals surface area contributed by atoms with Crippen molar-refractivity contribution in [3.63, 3.8) is 0 Å². The number of fused-ring (bicyclic) bond motifs is 4. The van der Waals surface area contributed by atoms with Crippen molar-refractivity contribution in [1.29, 1.82) is 0 Å². The highest BCUT2D eigenvalue weighted by Crippen LogP contribution is 2.56. The van der Waals surface area contributed by atoms with Crippen LogP contribution in [-0.4, -0.2) is 79.0 Å². The summed E-state index contributed by atoms with van der Waals surface area (Å²) in [7, 11) is 0. The summed E-state index contributed by atoms with van der Waals surface area (Å²) in [6.45, 7) is 5.58. The maximum Gasteiger partial charge on any atom is 0.438 e. The number of hydrogen-bond acceptors (Lipinski definition) is 9. The van der Waals surface area contributed by atoms with Crippen LogP contribution in [0.25, 0.3) is 39.1 Å². The average molecular weight is 894 g/mol. The summed E-state index contributed by atoms with van der Waals surface area (Å²) < 4.78 is 50.7. The number of H-pyrrole nitrogens is 1. The molecule has 18 heteroatoms. The molecule has 66 heavy (non-hydrogen) atoms. The van der Waals surface area contributed by atoms with Crippen LogP contribution in [0.4, 0.5) is 8.78 Å². The van der Waals surface area contributed by atoms with Crippen molar-refractivity contribution in [2.24, 2.45) is 5.92 Å². The number of aromatic nitrogens is 10. The zero-order valence-corrected chi connectivity index (χ0v) is 36.3. The molecule has 3 unspecified atom stereocenters. The van der Waals surface area contributed by atoms with Gasteiger partial charge in [-0.1, -0.05) is 12.1 Å². The van der Waals surface area contributed by atoms with Gasteiger partial charge >= 0.3 is 11.4 Å². The topological polar surface area (TPSA) is 169 Å². The Morgan fingerprint density at radius 1 is 0.909 bits per heavy atom. The van der Waals surface area contributed by atoms with Gasteiger partial charge in [0.2, 0.25) is 0 Å². The summed E-state index contributed by atoms with van der Waals surface area (Å²) >= 11 is 0. The number of halogens is 2. The molecule has 3 aliphatic carbocycles. The molecule has 0 spiro atoms. The van der Waals surface area contributed by atoms with E-state index in [1.165, 1.54) is 27.6 Å². The Hall–Kier alpha value is -6.95. The lowest BCUT2D eigenvalue weighted by atomic mass is 9.96. The van der Waals surface area contributed by atoms with E-state index >= 15 is 13.6 Å². The minimum absolute atomic E-state index is 0.0148. The van der Waals surface area contributed by atoms with E-state index in [0.717, 1.165) is 48.9 Å². The number of carbonyl (C=O) groups is 1. The fourth-order valence-electron chi connectivity index (χ4n) is 11.4. The lowest BCUT2D eigenvalue weighted by Gasteiger charge is -2.34. The highest BCUT2D eigenvalue weighted by atomic mass is 19.1. The third kappa shape index (κ3) is 5.65. The predicted octanol–water partition coefficient (Wildman–Crippen LogP) is 6.73. The number of pyridine rings is 1. The van der Waals surface area contributed by atoms with Crippen LogP contribution in [0.5, 0.6) is 0 Å². The molecule has 2 aliphatic heterocycles. The maximum atomic E-state index is 16.4. The van der Waals surface area contributed by atoms with E-state index in [1.807, 2.05) is 34.4 Å². The molecule has 8 heterocycles. The molecular formula is C48H45F2N11O5. The van der Waals surface area contributed by atoms with Gasteiger partial charge in [-0.25, -0.2) is 23.1 Å². The first-order chi connectivity index (χ1) is 32.1. The molecule has 336 valence electrons. The zero-order valence-electron chi connectivity index (χ0n) is 36.3. The molecule has 2 aromatic carbocycles. The van der Waals surface area contributed by atoms with Gasteiger partial charge in [0.1, 0.15) is 22.9 Å². The number of amides is 1. The molecular weight excluding hydrogens is 849 g/mol. The van der Waals surface area contributed by atoms with Crippen molar-refractivity contribution >= 4 is 27.8 Å². The van der Waals surface area contributed by atoms with Gasteiger partial charge < -0.3 is 14.2 Å². The summed E-state index contributed by atoms with van der Waals surface area (Å²) in [5.41, 5.74) is 5.43. The van der Waals surface area contributed by atoms with Gasteiger partial charge in [0, 0.05) is 55.7 Å². The Morgan fingerprint density at radius 3 is 2.45 bits per heavy atom. The summed E-state index contributed by atoms with van der Waals surface area (Å²) in [4.78, 5) is 52.5. The number of benzene rings is 2. The zero-order chi connectivity index (χ0) is 44.7. The second-order valence-corrected chi connectivity index (χ2v) is 18.7. The van der Waals surface area contributed by atoms with Crippen LogP contribution < -0.4 is 11.4 Å². The van der Waals surface area contributed by atoms with E-state index in [1.54, 1.807) is 34.0 Å². The standard InChI is InChI=1S/C48H45F2N11O5/c1-25-23-48(25,45-53-46(63)66-55-45)59-38-11-9-33(27-15-20-65-21-16-27)52-35(38)22-40(59)44(62)56-17-14-34-41(26(56)2)43(61(54-34)36-10-8-32(49)29-4-3-5-30(29)36)58-19-18-57(47(58)64)39-13-12-37-31(42(39)50)24-51-60(37)28-6-7-28/h8-13,18-19,22,24-28H,3-7,14-17,20-21,23H2,1-2H3,(H,53,55,63). The number of hydrogen-bond donors (Lipinski definition) is 1. The fourth-order valence-corrected chi connectivity index (χ4v) is 11.4. The Labute approximate surface area is 374 Å². The molecule has 1 saturated heterocycles. The van der Waals surface area contributed by atoms with Gasteiger partial charge in [-0.2, -0.15) is 10.2 Å². The lowest BCUT2D eigenvalue weighted by Crippen LogP contribution is -2.41. The van der Waals surface area contributed by atoms with Gasteiger partial charge in [-0.15, -0.1) is 0 Å². The van der Waals surface area contributed by atoms with E-state index in [9.17, 15) is 9.59 Å². The van der Waals surface area contributed by atoms with Gasteiger partial charge in [0.05, 0.1) is 57.3 Å². The molecule has 3 fully saturated rings. The summed E-state index contributed by atoms with van der Waals surface area (Å²) in [5.74, 6) is -0.879. The first-order valence-corrected chi connectivity index (χ1v) is 23.0. The van der Waals surface area contributed by atoms with Crippen molar-refractivity contribution in [3.8, 4) is 17.2 Å². The van der Waals surface area contributed by atoms with Crippen molar-refractivity contribution in [2.75, 3.05) is 19.8 Å². The molecule has 1 N–H and O–H groups in total. The maximum absolute atomic E-state index is 16.4. The minimum Gasteiger partial charge on any atom is -0.381 e. The van der Waals surface area contributed by atoms with E-state index in [-0.39, 0.29) is 35.3 Å². The molecule has 16 nitrogen and oxygen atoms in total. The Morgan fingerprint density at radius 2 is 1.68 bits per heavy atom. The van der Waals surface area contributed by atoms with Crippen molar-refractivity contribution in [2.45, 2.75) is 95.2 Å². The number of rotatable bonds is 8. The van der Waals surface area contributed by atoms with Crippen LogP contribution in [0.15, 0.2) is 75.2 Å². The van der Waals surface area contributed by atoms with E-state index < -0.39 is 28.8 Å². The third-order valence-electron chi connectivity index (χ3n) is 15.1. The molecule has 3 atom stereocenters. The molecule has 0 radical (unpaired) electrons. The van der Waals surface area contributed by atoms with Crippen LogP contribution in [-0.2, 0) is 29.5 Å². The van der Waals surface area contributed by atoms with Crippen LogP contribution in [0.1, 0.15) is 115 Å². The molecule has 2 saturated carbocycles. The normalized spacial score (nSPS) is 21.8. The van der Waals surface area contributed by atoms with Crippen molar-refractivity contribution in [1.82, 2.24) is 53.3 Å². The monoisotopic (exact) mass is 893 g/mol. The minimum atomic E-state index is -0.880. The number of nitrogens with zero attached hydrogens (tertiary/aromatic N) is 10. The molecule has 13 rings (SSSR count). The van der Waals surface area contributed by atoms with Gasteiger partial charge in [0.25, 0.3) is 5.91 Å². The largest absolute Gasteiger partial charge is 0.438 e. The van der Waals surface area contributed by atoms with Crippen LogP contribution in [0, 0.1) is 17.6 Å².